The molecule has 0 heterocycles. The van der Waals surface area contributed by atoms with Crippen LogP contribution in [0.1, 0.15) is 6.92 Å². The molecule has 0 aromatic heterocycles. The third-order valence-electron chi connectivity index (χ3n) is 2.32. The number of carbonyl (C=O) groups excluding carboxylic acids is 2. The van der Waals surface area contributed by atoms with Crippen molar-refractivity contribution in [1.82, 2.24) is 0 Å². The largest absolute Gasteiger partial charge is 0.495 e. The molecule has 0 saturated heterocycles. The molecule has 8 nitrogen and oxygen atoms in total. The van der Waals surface area contributed by atoms with Crippen LogP contribution in [0.4, 0.5) is 11.4 Å². The van der Waals surface area contributed by atoms with Crippen LogP contribution in [-0.2, 0) is 14.3 Å². The van der Waals surface area contributed by atoms with E-state index in [0.717, 1.165) is 6.07 Å². The fourth-order valence-corrected chi connectivity index (χ4v) is 1.41. The quantitative estimate of drug-likeness (QED) is 0.370. The van der Waals surface area contributed by atoms with E-state index in [9.17, 15) is 19.7 Å². The average Bonchev–Trinajstić information content (AvgIpc) is 2.45. The van der Waals surface area contributed by atoms with Crippen LogP contribution in [0.3, 0.4) is 0 Å². The highest BCUT2D eigenvalue weighted by Crippen LogP contribution is 2.28. The Kier molecular flexibility index (Phi) is 5.87. The fourth-order valence-electron chi connectivity index (χ4n) is 1.41. The molecule has 0 unspecified atom stereocenters. The van der Waals surface area contributed by atoms with Gasteiger partial charge in [0, 0.05) is 18.2 Å². The van der Waals surface area contributed by atoms with Gasteiger partial charge in [0.15, 0.2) is 6.61 Å². The molecule has 0 saturated carbocycles. The van der Waals surface area contributed by atoms with Crippen molar-refractivity contribution in [3.63, 3.8) is 0 Å². The Morgan fingerprint density at radius 1 is 1.43 bits per heavy atom. The second-order valence-corrected chi connectivity index (χ2v) is 3.80. The minimum Gasteiger partial charge on any atom is -0.495 e. The van der Waals surface area contributed by atoms with E-state index in [1.165, 1.54) is 31.4 Å². The maximum atomic E-state index is 11.6. The van der Waals surface area contributed by atoms with Crippen molar-refractivity contribution in [1.29, 1.82) is 0 Å². The number of nitro groups is 1. The van der Waals surface area contributed by atoms with Crippen molar-refractivity contribution in [2.75, 3.05) is 19.0 Å². The van der Waals surface area contributed by atoms with Crippen molar-refractivity contribution in [3.8, 4) is 5.75 Å². The third-order valence-corrected chi connectivity index (χ3v) is 2.32. The minimum absolute atomic E-state index is 0.124. The Morgan fingerprint density at radius 3 is 2.71 bits per heavy atom. The van der Waals surface area contributed by atoms with Gasteiger partial charge in [-0.05, 0) is 13.0 Å². The molecule has 21 heavy (non-hydrogen) atoms. The van der Waals surface area contributed by atoms with Crippen molar-refractivity contribution in [3.05, 3.63) is 40.5 Å². The number of anilines is 1. The highest BCUT2D eigenvalue weighted by Gasteiger charge is 2.14. The number of ether oxygens (including phenoxy) is 2. The summed E-state index contributed by atoms with van der Waals surface area (Å²) in [5, 5.41) is 13.1. The van der Waals surface area contributed by atoms with Gasteiger partial charge in [0.1, 0.15) is 5.75 Å². The van der Waals surface area contributed by atoms with Crippen LogP contribution in [0.2, 0.25) is 0 Å². The molecule has 1 aromatic carbocycles. The van der Waals surface area contributed by atoms with Crippen LogP contribution in [0.25, 0.3) is 0 Å². The first kappa shape index (κ1) is 16.2. The smallest absolute Gasteiger partial charge is 0.330 e. The van der Waals surface area contributed by atoms with E-state index in [0.29, 0.717) is 0 Å². The van der Waals surface area contributed by atoms with Gasteiger partial charge >= 0.3 is 5.97 Å². The van der Waals surface area contributed by atoms with Gasteiger partial charge in [-0.1, -0.05) is 6.08 Å². The van der Waals surface area contributed by atoms with Gasteiger partial charge in [0.2, 0.25) is 0 Å². The summed E-state index contributed by atoms with van der Waals surface area (Å²) in [6.45, 7) is 1.13. The molecule has 1 N–H and O–H groups in total. The van der Waals surface area contributed by atoms with E-state index in [1.807, 2.05) is 0 Å². The lowest BCUT2D eigenvalue weighted by Crippen LogP contribution is -2.20. The average molecular weight is 294 g/mol. The molecule has 0 aliphatic rings. The van der Waals surface area contributed by atoms with Crippen LogP contribution in [0.5, 0.6) is 5.75 Å². The molecule has 0 atom stereocenters. The number of allylic oxidation sites excluding steroid dienone is 1. The molecule has 0 aliphatic carbocycles. The molecule has 0 bridgehead atoms. The first-order valence-electron chi connectivity index (χ1n) is 5.89. The summed E-state index contributed by atoms with van der Waals surface area (Å²) in [6.07, 6.45) is 2.64. The molecule has 0 aliphatic heterocycles. The summed E-state index contributed by atoms with van der Waals surface area (Å²) >= 11 is 0. The lowest BCUT2D eigenvalue weighted by atomic mass is 10.2. The molecule has 0 fully saturated rings. The summed E-state index contributed by atoms with van der Waals surface area (Å²) in [4.78, 5) is 32.8. The van der Waals surface area contributed by atoms with E-state index < -0.39 is 23.4 Å². The van der Waals surface area contributed by atoms with Gasteiger partial charge in [0.05, 0.1) is 17.7 Å². The molecular formula is C13H14N2O6. The fraction of sp³-hybridized carbons (Fsp3) is 0.231. The zero-order valence-electron chi connectivity index (χ0n) is 11.5. The van der Waals surface area contributed by atoms with Gasteiger partial charge in [-0.2, -0.15) is 0 Å². The van der Waals surface area contributed by atoms with E-state index in [2.05, 4.69) is 10.1 Å². The second kappa shape index (κ2) is 7.63. The lowest BCUT2D eigenvalue weighted by Gasteiger charge is -2.09. The zero-order valence-corrected chi connectivity index (χ0v) is 11.5. The van der Waals surface area contributed by atoms with Crippen molar-refractivity contribution >= 4 is 23.3 Å². The first-order chi connectivity index (χ1) is 9.97. The van der Waals surface area contributed by atoms with Gasteiger partial charge in [-0.25, -0.2) is 4.79 Å². The van der Waals surface area contributed by atoms with E-state index in [-0.39, 0.29) is 17.1 Å². The van der Waals surface area contributed by atoms with Crippen LogP contribution in [0, 0.1) is 10.1 Å². The third kappa shape index (κ3) is 4.94. The molecule has 1 aromatic rings. The van der Waals surface area contributed by atoms with Crippen LogP contribution in [0.15, 0.2) is 30.4 Å². The summed E-state index contributed by atoms with van der Waals surface area (Å²) in [7, 11) is 1.36. The van der Waals surface area contributed by atoms with Crippen molar-refractivity contribution < 1.29 is 24.0 Å². The summed E-state index contributed by atoms with van der Waals surface area (Å²) in [6, 6.07) is 3.77. The predicted octanol–water partition coefficient (Wildman–Crippen LogP) is 1.66. The number of carbonyl (C=O) groups is 2. The van der Waals surface area contributed by atoms with E-state index in [1.54, 1.807) is 6.92 Å². The topological polar surface area (TPSA) is 108 Å². The van der Waals surface area contributed by atoms with Crippen LogP contribution >= 0.6 is 0 Å². The number of hydrogen-bond acceptors (Lipinski definition) is 6. The lowest BCUT2D eigenvalue weighted by molar-refractivity contribution is -0.384. The number of methoxy groups -OCH3 is 1. The van der Waals surface area contributed by atoms with Crippen LogP contribution in [-0.4, -0.2) is 30.5 Å². The molecule has 1 amide bonds. The Morgan fingerprint density at radius 2 is 2.14 bits per heavy atom. The summed E-state index contributed by atoms with van der Waals surface area (Å²) < 4.78 is 9.64. The van der Waals surface area contributed by atoms with Gasteiger partial charge in [-0.15, -0.1) is 0 Å². The predicted molar refractivity (Wildman–Crippen MR) is 74.1 cm³/mol. The Labute approximate surface area is 120 Å². The molecular weight excluding hydrogens is 280 g/mol. The van der Waals surface area contributed by atoms with E-state index >= 15 is 0 Å². The number of hydrogen-bond donors (Lipinski definition) is 1. The van der Waals surface area contributed by atoms with Crippen molar-refractivity contribution in [2.45, 2.75) is 6.92 Å². The highest BCUT2D eigenvalue weighted by atomic mass is 16.6. The number of nitrogens with zero attached hydrogens (tertiary/aromatic N) is 1. The van der Waals surface area contributed by atoms with Gasteiger partial charge < -0.3 is 14.8 Å². The van der Waals surface area contributed by atoms with Crippen molar-refractivity contribution in [2.24, 2.45) is 0 Å². The number of benzene rings is 1. The Hall–Kier alpha value is -2.90. The number of nitrogens with one attached hydrogen (secondary N) is 1. The Balaban J connectivity index is 2.76. The number of amides is 1. The summed E-state index contributed by atoms with van der Waals surface area (Å²) in [5.41, 5.74) is -0.0733. The van der Waals surface area contributed by atoms with E-state index in [4.69, 9.17) is 4.74 Å². The maximum absolute atomic E-state index is 11.6. The molecule has 8 heteroatoms. The van der Waals surface area contributed by atoms with Crippen LogP contribution < -0.4 is 10.1 Å². The number of nitro benzene ring substituents is 1. The molecule has 1 rings (SSSR count). The standard InChI is InChI=1S/C13H14N2O6/c1-3-4-13(17)21-8-12(16)14-10-7-9(15(18)19)5-6-11(10)20-2/h3-7H,8H2,1-2H3,(H,14,16)/b4-3+. The zero-order chi connectivity index (χ0) is 15.8. The monoisotopic (exact) mass is 294 g/mol. The number of rotatable bonds is 6. The Bertz CT molecular complexity index is 582. The SMILES string of the molecule is C/C=C/C(=O)OCC(=O)Nc1cc([N+](=O)[O-])ccc1OC. The van der Waals surface area contributed by atoms with Gasteiger partial charge in [-0.3, -0.25) is 14.9 Å². The second-order valence-electron chi connectivity index (χ2n) is 3.80. The molecule has 0 radical (unpaired) electrons. The number of non-ortho nitro benzene ring substituents is 1. The first-order valence-corrected chi connectivity index (χ1v) is 5.89. The number of esters is 1. The highest BCUT2D eigenvalue weighted by molar-refractivity contribution is 5.95. The normalized spacial score (nSPS) is 10.2. The van der Waals surface area contributed by atoms with Gasteiger partial charge in [0.25, 0.3) is 11.6 Å². The molecule has 0 spiro atoms. The maximum Gasteiger partial charge on any atom is 0.330 e. The summed E-state index contributed by atoms with van der Waals surface area (Å²) in [5.74, 6) is -1.03. The molecule has 112 valence electrons. The minimum atomic E-state index is -0.654.